The summed E-state index contributed by atoms with van der Waals surface area (Å²) in [6.45, 7) is 2.05. The van der Waals surface area contributed by atoms with Crippen molar-refractivity contribution in [2.75, 3.05) is 16.8 Å². The van der Waals surface area contributed by atoms with Crippen molar-refractivity contribution in [3.63, 3.8) is 0 Å². The van der Waals surface area contributed by atoms with E-state index in [4.69, 9.17) is 0 Å². The Hall–Kier alpha value is -1.03. The van der Waals surface area contributed by atoms with Crippen molar-refractivity contribution in [2.45, 2.75) is 57.5 Å². The summed E-state index contributed by atoms with van der Waals surface area (Å²) in [5.41, 5.74) is 2.23. The number of halogens is 1. The van der Waals surface area contributed by atoms with Crippen LogP contribution in [0.2, 0.25) is 0 Å². The molecule has 0 spiro atoms. The van der Waals surface area contributed by atoms with Gasteiger partial charge >= 0.3 is 0 Å². The van der Waals surface area contributed by atoms with E-state index in [1.807, 2.05) is 26.1 Å². The van der Waals surface area contributed by atoms with Gasteiger partial charge in [0.15, 0.2) is 0 Å². The first-order chi connectivity index (χ1) is 10.1. The fraction of sp³-hybridized carbons (Fsp3) is 0.588. The zero-order valence-electron chi connectivity index (χ0n) is 12.8. The molecule has 0 radical (unpaired) electrons. The molecule has 21 heavy (non-hydrogen) atoms. The van der Waals surface area contributed by atoms with Gasteiger partial charge in [0.1, 0.15) is 6.04 Å². The number of amides is 1. The van der Waals surface area contributed by atoms with E-state index < -0.39 is 0 Å². The number of hydrogen-bond donors (Lipinski definition) is 0. The average Bonchev–Trinajstić information content (AvgIpc) is 2.74. The van der Waals surface area contributed by atoms with Crippen molar-refractivity contribution >= 4 is 33.2 Å². The summed E-state index contributed by atoms with van der Waals surface area (Å²) in [4.78, 5) is 16.8. The van der Waals surface area contributed by atoms with Gasteiger partial charge in [-0.1, -0.05) is 41.6 Å². The summed E-state index contributed by atoms with van der Waals surface area (Å²) in [5.74, 6) is 0.203. The molecule has 114 valence electrons. The molecular weight excluding hydrogens is 328 g/mol. The van der Waals surface area contributed by atoms with Gasteiger partial charge in [-0.3, -0.25) is 4.79 Å². The number of likely N-dealkylation sites (N-methyl/N-ethyl adjacent to an activating group) is 1. The van der Waals surface area contributed by atoms with Crippen molar-refractivity contribution in [1.29, 1.82) is 0 Å². The van der Waals surface area contributed by atoms with Crippen LogP contribution in [0.1, 0.15) is 45.4 Å². The monoisotopic (exact) mass is 350 g/mol. The lowest BCUT2D eigenvalue weighted by Crippen LogP contribution is -2.54. The number of fused-ring (bicyclic) bond motifs is 1. The van der Waals surface area contributed by atoms with Crippen LogP contribution in [-0.2, 0) is 4.79 Å². The minimum Gasteiger partial charge on any atom is -0.355 e. The predicted octanol–water partition coefficient (Wildman–Crippen LogP) is 4.34. The molecule has 3 nitrogen and oxygen atoms in total. The summed E-state index contributed by atoms with van der Waals surface area (Å²) in [7, 11) is 1.88. The van der Waals surface area contributed by atoms with Gasteiger partial charge in [0.05, 0.1) is 11.4 Å². The van der Waals surface area contributed by atoms with Crippen LogP contribution >= 0.6 is 15.9 Å². The van der Waals surface area contributed by atoms with Crippen LogP contribution in [0.15, 0.2) is 22.7 Å². The number of benzene rings is 1. The Morgan fingerprint density at radius 3 is 2.43 bits per heavy atom. The summed E-state index contributed by atoms with van der Waals surface area (Å²) in [6, 6.07) is 6.66. The molecule has 1 aliphatic carbocycles. The first-order valence-electron chi connectivity index (χ1n) is 7.95. The number of rotatable bonds is 1. The highest BCUT2D eigenvalue weighted by Crippen LogP contribution is 2.40. The molecule has 1 atom stereocenters. The fourth-order valence-corrected chi connectivity index (χ4v) is 4.11. The van der Waals surface area contributed by atoms with Crippen LogP contribution in [0.4, 0.5) is 11.4 Å². The number of carbonyl (C=O) groups excluding carboxylic acids is 1. The predicted molar refractivity (Wildman–Crippen MR) is 91.0 cm³/mol. The maximum Gasteiger partial charge on any atom is 0.249 e. The molecule has 1 fully saturated rings. The maximum atomic E-state index is 12.6. The Balaban J connectivity index is 2.03. The zero-order chi connectivity index (χ0) is 15.0. The molecule has 4 heteroatoms. The molecule has 1 amide bonds. The van der Waals surface area contributed by atoms with Gasteiger partial charge in [0.2, 0.25) is 5.91 Å². The van der Waals surface area contributed by atoms with E-state index in [0.29, 0.717) is 6.04 Å². The Morgan fingerprint density at radius 1 is 1.10 bits per heavy atom. The van der Waals surface area contributed by atoms with Crippen LogP contribution in [0.5, 0.6) is 0 Å². The molecule has 1 aromatic rings. The van der Waals surface area contributed by atoms with E-state index in [1.165, 1.54) is 44.2 Å². The molecule has 0 N–H and O–H groups in total. The van der Waals surface area contributed by atoms with Crippen LogP contribution < -0.4 is 9.80 Å². The summed E-state index contributed by atoms with van der Waals surface area (Å²) >= 11 is 3.58. The first kappa shape index (κ1) is 14.9. The second-order valence-corrected chi connectivity index (χ2v) is 7.17. The van der Waals surface area contributed by atoms with Gasteiger partial charge in [-0.15, -0.1) is 0 Å². The van der Waals surface area contributed by atoms with Crippen molar-refractivity contribution in [2.24, 2.45) is 0 Å². The molecule has 1 unspecified atom stereocenters. The van der Waals surface area contributed by atoms with E-state index in [0.717, 1.165) is 10.2 Å². The van der Waals surface area contributed by atoms with E-state index in [1.54, 1.807) is 4.90 Å². The van der Waals surface area contributed by atoms with Crippen LogP contribution in [0.25, 0.3) is 0 Å². The van der Waals surface area contributed by atoms with Crippen LogP contribution in [0.3, 0.4) is 0 Å². The highest BCUT2D eigenvalue weighted by atomic mass is 79.9. The third kappa shape index (κ3) is 2.70. The quantitative estimate of drug-likeness (QED) is 0.703. The standard InChI is InChI=1S/C17H23BrN2O/c1-12-17(21)19(2)15-10-9-13(18)11-16(15)20(12)14-7-5-3-4-6-8-14/h9-12,14H,3-8H2,1-2H3. The van der Waals surface area contributed by atoms with E-state index in [-0.39, 0.29) is 11.9 Å². The van der Waals surface area contributed by atoms with Gasteiger partial charge in [0, 0.05) is 17.6 Å². The average molecular weight is 351 g/mol. The second-order valence-electron chi connectivity index (χ2n) is 6.26. The lowest BCUT2D eigenvalue weighted by Gasteiger charge is -2.44. The van der Waals surface area contributed by atoms with Gasteiger partial charge in [-0.05, 0) is 38.0 Å². The summed E-state index contributed by atoms with van der Waals surface area (Å²) in [6.07, 6.45) is 7.62. The largest absolute Gasteiger partial charge is 0.355 e. The molecule has 1 saturated carbocycles. The number of hydrogen-bond acceptors (Lipinski definition) is 2. The molecule has 2 aliphatic rings. The smallest absolute Gasteiger partial charge is 0.249 e. The Bertz CT molecular complexity index is 538. The SMILES string of the molecule is CC1C(=O)N(C)c2ccc(Br)cc2N1C1CCCCCC1. The van der Waals surface area contributed by atoms with Crippen molar-refractivity contribution < 1.29 is 4.79 Å². The Morgan fingerprint density at radius 2 is 1.76 bits per heavy atom. The molecule has 1 aliphatic heterocycles. The highest BCUT2D eigenvalue weighted by molar-refractivity contribution is 9.10. The molecule has 1 aromatic carbocycles. The lowest BCUT2D eigenvalue weighted by molar-refractivity contribution is -0.119. The number of anilines is 2. The molecular formula is C17H23BrN2O. The van der Waals surface area contributed by atoms with Crippen molar-refractivity contribution in [1.82, 2.24) is 0 Å². The van der Waals surface area contributed by atoms with Gasteiger partial charge in [-0.2, -0.15) is 0 Å². The third-order valence-electron chi connectivity index (χ3n) is 4.90. The number of nitrogens with zero attached hydrogens (tertiary/aromatic N) is 2. The molecule has 1 heterocycles. The number of carbonyl (C=O) groups is 1. The lowest BCUT2D eigenvalue weighted by atomic mass is 9.99. The third-order valence-corrected chi connectivity index (χ3v) is 5.39. The first-order valence-corrected chi connectivity index (χ1v) is 8.74. The highest BCUT2D eigenvalue weighted by Gasteiger charge is 2.37. The Labute approximate surface area is 135 Å². The van der Waals surface area contributed by atoms with E-state index >= 15 is 0 Å². The minimum absolute atomic E-state index is 0.0695. The fourth-order valence-electron chi connectivity index (χ4n) is 3.76. The van der Waals surface area contributed by atoms with Crippen molar-refractivity contribution in [3.05, 3.63) is 22.7 Å². The van der Waals surface area contributed by atoms with Crippen molar-refractivity contribution in [3.8, 4) is 0 Å². The van der Waals surface area contributed by atoms with Gasteiger partial charge < -0.3 is 9.80 Å². The minimum atomic E-state index is -0.0695. The molecule has 0 saturated heterocycles. The molecule has 0 aromatic heterocycles. The van der Waals surface area contributed by atoms with Gasteiger partial charge in [0.25, 0.3) is 0 Å². The van der Waals surface area contributed by atoms with E-state index in [2.05, 4.69) is 26.9 Å². The summed E-state index contributed by atoms with van der Waals surface area (Å²) < 4.78 is 1.08. The zero-order valence-corrected chi connectivity index (χ0v) is 14.4. The maximum absolute atomic E-state index is 12.6. The van der Waals surface area contributed by atoms with Crippen LogP contribution in [0, 0.1) is 0 Å². The van der Waals surface area contributed by atoms with Crippen LogP contribution in [-0.4, -0.2) is 25.0 Å². The normalized spacial score (nSPS) is 24.0. The second kappa shape index (κ2) is 5.99. The topological polar surface area (TPSA) is 23.6 Å². The molecule has 3 rings (SSSR count). The summed E-state index contributed by atoms with van der Waals surface area (Å²) in [5, 5.41) is 0. The van der Waals surface area contributed by atoms with E-state index in [9.17, 15) is 4.79 Å². The Kier molecular flexibility index (Phi) is 4.25. The van der Waals surface area contributed by atoms with Gasteiger partial charge in [-0.25, -0.2) is 0 Å². The molecule has 0 bridgehead atoms.